The fourth-order valence-electron chi connectivity index (χ4n) is 0.642. The Labute approximate surface area is 73.2 Å². The first kappa shape index (κ1) is 10.7. The summed E-state index contributed by atoms with van der Waals surface area (Å²) < 4.78 is 0. The van der Waals surface area contributed by atoms with Gasteiger partial charge in [0.05, 0.1) is 6.04 Å². The number of rotatable bonds is 2. The molecule has 0 saturated carbocycles. The predicted octanol–water partition coefficient (Wildman–Crippen LogP) is -0.100. The van der Waals surface area contributed by atoms with Crippen molar-refractivity contribution in [1.29, 1.82) is 0 Å². The number of nitrogens with one attached hydrogen (secondary N) is 2. The molecule has 0 radical (unpaired) electrons. The van der Waals surface area contributed by atoms with Crippen molar-refractivity contribution in [3.8, 4) is 11.8 Å². The van der Waals surface area contributed by atoms with Crippen LogP contribution in [0.2, 0.25) is 0 Å². The van der Waals surface area contributed by atoms with Crippen LogP contribution in [0.3, 0.4) is 0 Å². The van der Waals surface area contributed by atoms with Crippen LogP contribution in [-0.2, 0) is 4.79 Å². The fraction of sp³-hybridized carbons (Fsp3) is 0.444. The van der Waals surface area contributed by atoms with Crippen LogP contribution in [-0.4, -0.2) is 26.0 Å². The van der Waals surface area contributed by atoms with Crippen molar-refractivity contribution in [3.63, 3.8) is 0 Å². The summed E-state index contributed by atoms with van der Waals surface area (Å²) in [6.45, 7) is 5.59. The zero-order valence-corrected chi connectivity index (χ0v) is 7.69. The third kappa shape index (κ3) is 3.79. The van der Waals surface area contributed by atoms with Crippen LogP contribution in [0.4, 0.5) is 0 Å². The highest BCUT2D eigenvalue weighted by molar-refractivity contribution is 5.93. The molecule has 66 valence electrons. The summed E-state index contributed by atoms with van der Waals surface area (Å²) in [7, 11) is 3.32. The minimum Gasteiger partial charge on any atom is -0.348 e. The fourth-order valence-corrected chi connectivity index (χ4v) is 0.642. The standard InChI is InChI=1S/C9H14N2O/c1-7(2)8(10-3)5-6-9(12)11-4/h8,10H,1H2,2-4H3,(H,11,12). The third-order valence-electron chi connectivity index (χ3n) is 1.34. The van der Waals surface area contributed by atoms with Crippen molar-refractivity contribution in [1.82, 2.24) is 10.6 Å². The van der Waals surface area contributed by atoms with Crippen LogP contribution < -0.4 is 10.6 Å². The van der Waals surface area contributed by atoms with Crippen LogP contribution in [0.1, 0.15) is 6.92 Å². The van der Waals surface area contributed by atoms with E-state index in [1.54, 1.807) is 14.1 Å². The molecule has 0 saturated heterocycles. The molecule has 1 unspecified atom stereocenters. The molecule has 0 rings (SSSR count). The molecule has 3 nitrogen and oxygen atoms in total. The van der Waals surface area contributed by atoms with Gasteiger partial charge in [0, 0.05) is 7.05 Å². The molecule has 1 amide bonds. The van der Waals surface area contributed by atoms with Crippen molar-refractivity contribution in [2.24, 2.45) is 0 Å². The molecular formula is C9H14N2O. The molecular weight excluding hydrogens is 152 g/mol. The SMILES string of the molecule is C=C(C)C(C#CC(=O)NC)NC. The molecule has 1 atom stereocenters. The Bertz CT molecular complexity index is 235. The van der Waals surface area contributed by atoms with Gasteiger partial charge in [-0.05, 0) is 19.9 Å². The second kappa shape index (κ2) is 5.39. The molecule has 0 fully saturated rings. The summed E-state index contributed by atoms with van der Waals surface area (Å²) in [5.41, 5.74) is 0.897. The molecule has 12 heavy (non-hydrogen) atoms. The average Bonchev–Trinajstić information content (AvgIpc) is 2.04. The second-order valence-electron chi connectivity index (χ2n) is 2.42. The Balaban J connectivity index is 4.24. The van der Waals surface area contributed by atoms with Crippen molar-refractivity contribution >= 4 is 5.91 Å². The van der Waals surface area contributed by atoms with E-state index in [9.17, 15) is 4.79 Å². The highest BCUT2D eigenvalue weighted by Gasteiger charge is 2.00. The van der Waals surface area contributed by atoms with E-state index in [1.165, 1.54) is 0 Å². The lowest BCUT2D eigenvalue weighted by molar-refractivity contribution is -0.115. The number of likely N-dealkylation sites (N-methyl/N-ethyl adjacent to an activating group) is 1. The zero-order chi connectivity index (χ0) is 9.56. The first-order valence-corrected chi connectivity index (χ1v) is 3.67. The Morgan fingerprint density at radius 3 is 2.42 bits per heavy atom. The maximum Gasteiger partial charge on any atom is 0.295 e. The van der Waals surface area contributed by atoms with Crippen molar-refractivity contribution in [3.05, 3.63) is 12.2 Å². The number of amides is 1. The van der Waals surface area contributed by atoms with Gasteiger partial charge in [0.15, 0.2) is 0 Å². The molecule has 3 heteroatoms. The van der Waals surface area contributed by atoms with Crippen LogP contribution in [0, 0.1) is 11.8 Å². The van der Waals surface area contributed by atoms with Crippen LogP contribution >= 0.6 is 0 Å². The third-order valence-corrected chi connectivity index (χ3v) is 1.34. The summed E-state index contributed by atoms with van der Waals surface area (Å²) in [5, 5.41) is 5.34. The first-order chi connectivity index (χ1) is 5.61. The number of carbonyl (C=O) groups excluding carboxylic acids is 1. The smallest absolute Gasteiger partial charge is 0.295 e. The lowest BCUT2D eigenvalue weighted by Gasteiger charge is -2.06. The van der Waals surface area contributed by atoms with Crippen LogP contribution in [0.15, 0.2) is 12.2 Å². The van der Waals surface area contributed by atoms with Crippen molar-refractivity contribution in [2.75, 3.05) is 14.1 Å². The number of hydrogen-bond donors (Lipinski definition) is 2. The molecule has 0 heterocycles. The van der Waals surface area contributed by atoms with E-state index in [2.05, 4.69) is 29.1 Å². The molecule has 0 spiro atoms. The van der Waals surface area contributed by atoms with E-state index in [4.69, 9.17) is 0 Å². The zero-order valence-electron chi connectivity index (χ0n) is 7.69. The molecule has 2 N–H and O–H groups in total. The monoisotopic (exact) mass is 166 g/mol. The summed E-state index contributed by atoms with van der Waals surface area (Å²) in [6, 6.07) is -0.109. The summed E-state index contributed by atoms with van der Waals surface area (Å²) in [6.07, 6.45) is 0. The molecule has 0 bridgehead atoms. The summed E-state index contributed by atoms with van der Waals surface area (Å²) >= 11 is 0. The van der Waals surface area contributed by atoms with Gasteiger partial charge in [-0.3, -0.25) is 4.79 Å². The van der Waals surface area contributed by atoms with Gasteiger partial charge in [0.25, 0.3) is 5.91 Å². The normalized spacial score (nSPS) is 10.9. The van der Waals surface area contributed by atoms with E-state index in [-0.39, 0.29) is 11.9 Å². The highest BCUT2D eigenvalue weighted by Crippen LogP contribution is 1.93. The maximum atomic E-state index is 10.7. The van der Waals surface area contributed by atoms with Gasteiger partial charge in [-0.25, -0.2) is 0 Å². The van der Waals surface area contributed by atoms with Gasteiger partial charge >= 0.3 is 0 Å². The van der Waals surface area contributed by atoms with Gasteiger partial charge in [0.2, 0.25) is 0 Å². The van der Waals surface area contributed by atoms with Gasteiger partial charge in [-0.2, -0.15) is 0 Å². The van der Waals surface area contributed by atoms with E-state index in [0.29, 0.717) is 0 Å². The predicted molar refractivity (Wildman–Crippen MR) is 49.5 cm³/mol. The summed E-state index contributed by atoms with van der Waals surface area (Å²) in [5.74, 6) is 4.91. The van der Waals surface area contributed by atoms with Gasteiger partial charge in [-0.1, -0.05) is 18.1 Å². The molecule has 0 aliphatic carbocycles. The van der Waals surface area contributed by atoms with Crippen LogP contribution in [0.25, 0.3) is 0 Å². The number of carbonyl (C=O) groups is 1. The topological polar surface area (TPSA) is 41.1 Å². The van der Waals surface area contributed by atoms with E-state index >= 15 is 0 Å². The molecule has 0 aliphatic rings. The van der Waals surface area contributed by atoms with E-state index in [1.807, 2.05) is 6.92 Å². The second-order valence-corrected chi connectivity index (χ2v) is 2.42. The van der Waals surface area contributed by atoms with Gasteiger partial charge in [-0.15, -0.1) is 0 Å². The quantitative estimate of drug-likeness (QED) is 0.444. The van der Waals surface area contributed by atoms with Crippen molar-refractivity contribution in [2.45, 2.75) is 13.0 Å². The lowest BCUT2D eigenvalue weighted by atomic mass is 10.1. The average molecular weight is 166 g/mol. The minimum atomic E-state index is -0.281. The number of hydrogen-bond acceptors (Lipinski definition) is 2. The Morgan fingerprint density at radius 2 is 2.08 bits per heavy atom. The van der Waals surface area contributed by atoms with Gasteiger partial charge < -0.3 is 10.6 Å². The van der Waals surface area contributed by atoms with Crippen LogP contribution in [0.5, 0.6) is 0 Å². The van der Waals surface area contributed by atoms with Gasteiger partial charge in [0.1, 0.15) is 0 Å². The maximum absolute atomic E-state index is 10.7. The highest BCUT2D eigenvalue weighted by atomic mass is 16.1. The largest absolute Gasteiger partial charge is 0.348 e. The Hall–Kier alpha value is -1.27. The van der Waals surface area contributed by atoms with E-state index < -0.39 is 0 Å². The van der Waals surface area contributed by atoms with E-state index in [0.717, 1.165) is 5.57 Å². The lowest BCUT2D eigenvalue weighted by Crippen LogP contribution is -2.25. The first-order valence-electron chi connectivity index (χ1n) is 3.67. The minimum absolute atomic E-state index is 0.109. The Morgan fingerprint density at radius 1 is 1.50 bits per heavy atom. The molecule has 0 aromatic carbocycles. The molecule has 0 aromatic rings. The van der Waals surface area contributed by atoms with Crippen molar-refractivity contribution < 1.29 is 4.79 Å². The Kier molecular flexibility index (Phi) is 4.82. The molecule has 0 aliphatic heterocycles. The summed E-state index contributed by atoms with van der Waals surface area (Å²) in [4.78, 5) is 10.7. The molecule has 0 aromatic heterocycles.